The molecular formula is C86H106N12O11. The standard InChI is InChI=1S/C43H52N6O5.C42H49N5O6.CH5N/c1-26(2)40(47-43(53)54-6)42(52)48-20-8-11-38(48)37-22-33(24-46-37)31-18-14-29(15-19-31)28-12-16-30(17-13-28)32-21-36(45-23-32)34-9-7-10-35(34)41(51)49(27(3)4)25-39(50)44-5;1-25(2)39(45-42(52)53-5)41(51)46-19-7-10-37(46)36-21-32(23-44-36)30-17-13-28(14-18-30)27-11-15-29(16-12-27)31-20-35(43-22-31)33-8-6-9-34(33)40(50)47(26(3)4)24-38(48)49;1-2/h12-19,23-24,26-27,38,40H,7-11,20-22,25H2,1-6H3,(H,44,50)(H,47,53);11-18,22-23,25-26,37,39H,6-10,19-21,24H2,1-5H3,(H,45,52)(H,48,49);2H2,1H3/t38-,40-;37-,39-;/m00./s1. The number of ether oxygens (including phenoxy) is 2. The van der Waals surface area contributed by atoms with E-state index in [2.05, 4.69) is 119 Å². The molecule has 4 aromatic rings. The van der Waals surface area contributed by atoms with E-state index in [0.717, 1.165) is 158 Å². The fraction of sp³-hybridized carbons (Fsp3) is 0.442. The summed E-state index contributed by atoms with van der Waals surface area (Å²) in [6.07, 6.45) is 17.3. The van der Waals surface area contributed by atoms with Crippen molar-refractivity contribution in [3.05, 3.63) is 166 Å². The summed E-state index contributed by atoms with van der Waals surface area (Å²) in [7, 11) is 5.69. The number of nitrogens with one attached hydrogen (secondary N) is 3. The molecule has 109 heavy (non-hydrogen) atoms. The Morgan fingerprint density at radius 2 is 0.789 bits per heavy atom. The zero-order valence-electron chi connectivity index (χ0n) is 65.1. The number of likely N-dealkylation sites (tertiary alicyclic amines) is 2. The molecule has 6 N–H and O–H groups in total. The maximum Gasteiger partial charge on any atom is 0.407 e. The molecule has 12 rings (SSSR count). The van der Waals surface area contributed by atoms with Crippen molar-refractivity contribution in [2.45, 2.75) is 182 Å². The van der Waals surface area contributed by atoms with Crippen LogP contribution in [0.2, 0.25) is 0 Å². The second kappa shape index (κ2) is 36.9. The number of methoxy groups -OCH3 is 2. The second-order valence-corrected chi connectivity index (χ2v) is 29.9. The molecule has 7 amide bonds. The Kier molecular flexibility index (Phi) is 27.4. The molecule has 576 valence electrons. The summed E-state index contributed by atoms with van der Waals surface area (Å²) in [5, 5.41) is 17.4. The molecule has 2 aliphatic carbocycles. The average Bonchev–Trinajstić information content (AvgIpc) is 1.70. The summed E-state index contributed by atoms with van der Waals surface area (Å²) in [5.41, 5.74) is 25.0. The number of allylic oxidation sites excluding steroid dienone is 6. The first-order valence-electron chi connectivity index (χ1n) is 38.3. The van der Waals surface area contributed by atoms with Gasteiger partial charge in [-0.1, -0.05) is 125 Å². The summed E-state index contributed by atoms with van der Waals surface area (Å²) in [5.74, 6) is -1.81. The van der Waals surface area contributed by atoms with Crippen LogP contribution in [-0.2, 0) is 38.2 Å². The highest BCUT2D eigenvalue weighted by Gasteiger charge is 2.41. The number of likely N-dealkylation sites (N-methyl/N-ethyl adjacent to an activating group) is 1. The number of aliphatic imine (C=N–C) groups is 4. The molecule has 0 saturated carbocycles. The minimum atomic E-state index is -1.01. The van der Waals surface area contributed by atoms with Gasteiger partial charge in [0.05, 0.1) is 26.3 Å². The summed E-state index contributed by atoms with van der Waals surface area (Å²) < 4.78 is 9.53. The van der Waals surface area contributed by atoms with Crippen LogP contribution in [-0.4, -0.2) is 186 Å². The number of amides is 7. The first kappa shape index (κ1) is 80.9. The Bertz CT molecular complexity index is 4420. The number of carbonyl (C=O) groups is 8. The van der Waals surface area contributed by atoms with Crippen molar-refractivity contribution >= 4 is 92.8 Å². The van der Waals surface area contributed by atoms with E-state index in [-0.39, 0.29) is 78.6 Å². The summed E-state index contributed by atoms with van der Waals surface area (Å²) in [6, 6.07) is 32.2. The van der Waals surface area contributed by atoms with Crippen molar-refractivity contribution in [1.29, 1.82) is 0 Å². The molecule has 6 heterocycles. The minimum Gasteiger partial charge on any atom is -0.480 e. The molecule has 0 spiro atoms. The number of nitrogens with zero attached hydrogens (tertiary/aromatic N) is 8. The van der Waals surface area contributed by atoms with E-state index in [1.54, 1.807) is 11.9 Å². The fourth-order valence-corrected chi connectivity index (χ4v) is 15.6. The smallest absolute Gasteiger partial charge is 0.407 e. The van der Waals surface area contributed by atoms with Crippen LogP contribution >= 0.6 is 0 Å². The van der Waals surface area contributed by atoms with Crippen molar-refractivity contribution in [3.8, 4) is 22.3 Å². The number of carboxylic acids is 1. The lowest BCUT2D eigenvalue weighted by atomic mass is 9.94. The van der Waals surface area contributed by atoms with Crippen molar-refractivity contribution in [2.24, 2.45) is 37.5 Å². The number of alkyl carbamates (subject to hydrolysis) is 2. The Hall–Kier alpha value is -10.7. The van der Waals surface area contributed by atoms with Crippen molar-refractivity contribution in [3.63, 3.8) is 0 Å². The molecule has 0 aromatic heterocycles. The van der Waals surface area contributed by atoms with E-state index >= 15 is 0 Å². The van der Waals surface area contributed by atoms with E-state index < -0.39 is 30.2 Å². The van der Waals surface area contributed by atoms with Crippen LogP contribution in [0, 0.1) is 11.8 Å². The van der Waals surface area contributed by atoms with Gasteiger partial charge in [0.2, 0.25) is 17.7 Å². The molecule has 23 nitrogen and oxygen atoms in total. The summed E-state index contributed by atoms with van der Waals surface area (Å²) in [6.45, 7) is 16.2. The van der Waals surface area contributed by atoms with Gasteiger partial charge in [-0.15, -0.1) is 0 Å². The van der Waals surface area contributed by atoms with Gasteiger partial charge in [0.1, 0.15) is 25.2 Å². The van der Waals surface area contributed by atoms with Crippen molar-refractivity contribution < 1.29 is 52.9 Å². The largest absolute Gasteiger partial charge is 0.480 e. The lowest BCUT2D eigenvalue weighted by Gasteiger charge is -2.31. The highest BCUT2D eigenvalue weighted by atomic mass is 16.5. The maximum absolute atomic E-state index is 13.6. The molecule has 0 unspecified atom stereocenters. The van der Waals surface area contributed by atoms with Crippen LogP contribution in [0.15, 0.2) is 164 Å². The Balaban J connectivity index is 0.000000227. The molecule has 8 aliphatic rings. The van der Waals surface area contributed by atoms with Gasteiger partial charge in [0.25, 0.3) is 11.8 Å². The molecule has 4 aromatic carbocycles. The third-order valence-electron chi connectivity index (χ3n) is 21.6. The number of carbonyl (C=O) groups excluding carboxylic acids is 7. The molecule has 6 aliphatic heterocycles. The van der Waals surface area contributed by atoms with Gasteiger partial charge in [0, 0.05) is 117 Å². The van der Waals surface area contributed by atoms with Gasteiger partial charge >= 0.3 is 18.2 Å². The summed E-state index contributed by atoms with van der Waals surface area (Å²) >= 11 is 0. The number of nitrogens with two attached hydrogens (primary N) is 1. The Labute approximate surface area is 640 Å². The van der Waals surface area contributed by atoms with Gasteiger partial charge in [-0.2, -0.15) is 0 Å². The number of aliphatic carboxylic acids is 1. The van der Waals surface area contributed by atoms with E-state index in [0.29, 0.717) is 57.2 Å². The predicted molar refractivity (Wildman–Crippen MR) is 429 cm³/mol. The van der Waals surface area contributed by atoms with Crippen molar-refractivity contribution in [2.75, 3.05) is 54.5 Å². The topological polar surface area (TPSA) is 300 Å². The van der Waals surface area contributed by atoms with E-state index in [9.17, 15) is 43.5 Å². The molecule has 0 bridgehead atoms. The first-order chi connectivity index (χ1) is 52.4. The minimum absolute atomic E-state index is 0.0452. The summed E-state index contributed by atoms with van der Waals surface area (Å²) in [4.78, 5) is 127. The second-order valence-electron chi connectivity index (χ2n) is 29.9. The van der Waals surface area contributed by atoms with Crippen LogP contribution in [0.3, 0.4) is 0 Å². The number of hydrogen-bond acceptors (Lipinski definition) is 15. The van der Waals surface area contributed by atoms with Gasteiger partial charge in [-0.25, -0.2) is 9.59 Å². The quantitative estimate of drug-likeness (QED) is 0.0437. The molecule has 23 heteroatoms. The Morgan fingerprint density at radius 3 is 1.10 bits per heavy atom. The molecular weight excluding hydrogens is 1380 g/mol. The van der Waals surface area contributed by atoms with Crippen LogP contribution in [0.25, 0.3) is 44.5 Å². The van der Waals surface area contributed by atoms with Gasteiger partial charge in [-0.3, -0.25) is 48.7 Å². The van der Waals surface area contributed by atoms with Gasteiger partial charge < -0.3 is 55.9 Å². The molecule has 2 saturated heterocycles. The first-order valence-corrected chi connectivity index (χ1v) is 38.3. The van der Waals surface area contributed by atoms with Crippen LogP contribution in [0.5, 0.6) is 0 Å². The SMILES string of the molecule is CN.CNC(=O)CN(C(=O)C1=C(C2=NC=C(c3ccc(-c4ccc(C5=CN=C([C@@H]6CCCN6C(=O)[C@@H](NC(=O)OC)C(C)C)C5)cc4)cc3)C2)CCC1)C(C)C.COC(=O)N[C@H](C(=O)N1CCC[C@H]1C1=NC=C(c2ccc(-c3ccc(C4=CN=C(C5=C(C(=O)N(CC(=O)O)C(C)C)CCC5)C4)cc3)cc2)C1)C(C)C. The van der Waals surface area contributed by atoms with Crippen molar-refractivity contribution in [1.82, 2.24) is 35.6 Å². The number of benzene rings is 4. The monoisotopic (exact) mass is 1480 g/mol. The number of carboxylic acid groups (broad SMARTS) is 1. The lowest BCUT2D eigenvalue weighted by molar-refractivity contribution is -0.144. The van der Waals surface area contributed by atoms with Gasteiger partial charge in [-0.05, 0) is 189 Å². The highest BCUT2D eigenvalue weighted by molar-refractivity contribution is 6.15. The predicted octanol–water partition coefficient (Wildman–Crippen LogP) is 13.0. The van der Waals surface area contributed by atoms with E-state index in [4.69, 9.17) is 29.4 Å². The lowest BCUT2D eigenvalue weighted by Crippen LogP contribution is -2.53. The van der Waals surface area contributed by atoms with E-state index in [1.807, 2.05) is 90.0 Å². The van der Waals surface area contributed by atoms with Gasteiger partial charge in [0.15, 0.2) is 0 Å². The average molecular weight is 1480 g/mol. The third-order valence-corrected chi connectivity index (χ3v) is 21.6. The molecule has 4 atom stereocenters. The zero-order chi connectivity index (χ0) is 78.3. The Morgan fingerprint density at radius 1 is 0.468 bits per heavy atom. The molecule has 2 fully saturated rings. The van der Waals surface area contributed by atoms with Crippen LogP contribution in [0.1, 0.15) is 168 Å². The third kappa shape index (κ3) is 19.1. The number of rotatable bonds is 24. The fourth-order valence-electron chi connectivity index (χ4n) is 15.6. The molecule has 0 radical (unpaired) electrons. The highest BCUT2D eigenvalue weighted by Crippen LogP contribution is 2.40. The van der Waals surface area contributed by atoms with Crippen LogP contribution < -0.4 is 21.7 Å². The number of hydrogen-bond donors (Lipinski definition) is 5. The zero-order valence-corrected chi connectivity index (χ0v) is 65.1. The van der Waals surface area contributed by atoms with Crippen LogP contribution in [0.4, 0.5) is 9.59 Å². The van der Waals surface area contributed by atoms with E-state index in [1.165, 1.54) is 26.2 Å². The maximum atomic E-state index is 13.6. The normalized spacial score (nSPS) is 18.5.